The molecule has 0 aliphatic heterocycles. The smallest absolute Gasteiger partial charge is 0.306 e. The van der Waals surface area contributed by atoms with Gasteiger partial charge in [0.05, 0.1) is 13.0 Å². The summed E-state index contributed by atoms with van der Waals surface area (Å²) in [5.41, 5.74) is 0. The standard InChI is InChI=1S/C18H31NO3/c1-2-22-18(21)14-13-17(20)19(15-9-5-3-6-10-15)16-11-7-4-8-12-16/h15-16H,2-14H2,1H3. The molecule has 1 amide bonds. The molecular formula is C18H31NO3. The Balaban J connectivity index is 1.95. The first-order chi connectivity index (χ1) is 10.7. The van der Waals surface area contributed by atoms with E-state index in [2.05, 4.69) is 4.90 Å². The van der Waals surface area contributed by atoms with E-state index >= 15 is 0 Å². The molecule has 0 aromatic carbocycles. The zero-order valence-corrected chi connectivity index (χ0v) is 14.0. The molecule has 0 spiro atoms. The van der Waals surface area contributed by atoms with Crippen LogP contribution < -0.4 is 0 Å². The summed E-state index contributed by atoms with van der Waals surface area (Å²) in [6.45, 7) is 2.19. The van der Waals surface area contributed by atoms with Crippen molar-refractivity contribution in [2.45, 2.75) is 96.1 Å². The van der Waals surface area contributed by atoms with Crippen LogP contribution in [-0.4, -0.2) is 35.5 Å². The first kappa shape index (κ1) is 17.3. The Bertz CT molecular complexity index is 339. The zero-order chi connectivity index (χ0) is 15.8. The van der Waals surface area contributed by atoms with Gasteiger partial charge in [0.15, 0.2) is 0 Å². The molecule has 2 fully saturated rings. The van der Waals surface area contributed by atoms with Crippen molar-refractivity contribution in [1.82, 2.24) is 4.90 Å². The van der Waals surface area contributed by atoms with Gasteiger partial charge in [0.2, 0.25) is 5.91 Å². The van der Waals surface area contributed by atoms with Crippen LogP contribution in [-0.2, 0) is 14.3 Å². The summed E-state index contributed by atoms with van der Waals surface area (Å²) in [4.78, 5) is 26.5. The quantitative estimate of drug-likeness (QED) is 0.701. The summed E-state index contributed by atoms with van der Waals surface area (Å²) in [7, 11) is 0. The van der Waals surface area contributed by atoms with Crippen LogP contribution in [0.25, 0.3) is 0 Å². The molecule has 22 heavy (non-hydrogen) atoms. The highest BCUT2D eigenvalue weighted by Crippen LogP contribution is 2.30. The van der Waals surface area contributed by atoms with Crippen LogP contribution in [0.5, 0.6) is 0 Å². The van der Waals surface area contributed by atoms with E-state index in [1.807, 2.05) is 0 Å². The highest BCUT2D eigenvalue weighted by atomic mass is 16.5. The Morgan fingerprint density at radius 2 is 1.36 bits per heavy atom. The van der Waals surface area contributed by atoms with Gasteiger partial charge in [-0.2, -0.15) is 0 Å². The second-order valence-corrected chi connectivity index (χ2v) is 6.69. The van der Waals surface area contributed by atoms with E-state index in [1.54, 1.807) is 6.92 Å². The minimum Gasteiger partial charge on any atom is -0.466 e. The number of rotatable bonds is 6. The van der Waals surface area contributed by atoms with Crippen LogP contribution in [0.4, 0.5) is 0 Å². The number of carbonyl (C=O) groups excluding carboxylic acids is 2. The molecule has 126 valence electrons. The number of ether oxygens (including phenoxy) is 1. The summed E-state index contributed by atoms with van der Waals surface area (Å²) in [5, 5.41) is 0. The average Bonchev–Trinajstić information content (AvgIpc) is 2.55. The number of esters is 1. The fourth-order valence-corrected chi connectivity index (χ4v) is 4.00. The van der Waals surface area contributed by atoms with Crippen molar-refractivity contribution in [2.24, 2.45) is 0 Å². The van der Waals surface area contributed by atoms with Crippen molar-refractivity contribution in [3.8, 4) is 0 Å². The maximum Gasteiger partial charge on any atom is 0.306 e. The predicted octanol–water partition coefficient (Wildman–Crippen LogP) is 3.82. The molecule has 0 atom stereocenters. The van der Waals surface area contributed by atoms with Crippen molar-refractivity contribution in [2.75, 3.05) is 6.61 Å². The molecule has 0 heterocycles. The molecule has 2 aliphatic carbocycles. The molecule has 2 aliphatic rings. The van der Waals surface area contributed by atoms with Gasteiger partial charge in [0.25, 0.3) is 0 Å². The van der Waals surface area contributed by atoms with Crippen molar-refractivity contribution < 1.29 is 14.3 Å². The van der Waals surface area contributed by atoms with E-state index in [-0.39, 0.29) is 18.3 Å². The van der Waals surface area contributed by atoms with Gasteiger partial charge in [0.1, 0.15) is 0 Å². The predicted molar refractivity (Wildman–Crippen MR) is 86.5 cm³/mol. The topological polar surface area (TPSA) is 46.6 Å². The number of hydrogen-bond acceptors (Lipinski definition) is 3. The second kappa shape index (κ2) is 9.16. The normalized spacial score (nSPS) is 20.6. The van der Waals surface area contributed by atoms with Crippen LogP contribution in [0, 0.1) is 0 Å². The van der Waals surface area contributed by atoms with E-state index in [0.29, 0.717) is 25.1 Å². The summed E-state index contributed by atoms with van der Waals surface area (Å²) in [6.07, 6.45) is 12.6. The zero-order valence-electron chi connectivity index (χ0n) is 14.0. The molecule has 0 aromatic rings. The summed E-state index contributed by atoms with van der Waals surface area (Å²) < 4.78 is 4.95. The fourth-order valence-electron chi connectivity index (χ4n) is 4.00. The molecule has 0 radical (unpaired) electrons. The third kappa shape index (κ3) is 4.99. The van der Waals surface area contributed by atoms with Crippen LogP contribution in [0.3, 0.4) is 0 Å². The van der Waals surface area contributed by atoms with Gasteiger partial charge in [-0.15, -0.1) is 0 Å². The first-order valence-electron chi connectivity index (χ1n) is 9.19. The van der Waals surface area contributed by atoms with Gasteiger partial charge in [-0.3, -0.25) is 9.59 Å². The Kier molecular flexibility index (Phi) is 7.20. The average molecular weight is 309 g/mol. The van der Waals surface area contributed by atoms with Crippen LogP contribution >= 0.6 is 0 Å². The van der Waals surface area contributed by atoms with Gasteiger partial charge in [-0.25, -0.2) is 0 Å². The number of hydrogen-bond donors (Lipinski definition) is 0. The molecule has 0 aromatic heterocycles. The van der Waals surface area contributed by atoms with Crippen LogP contribution in [0.1, 0.15) is 84.0 Å². The van der Waals surface area contributed by atoms with E-state index in [0.717, 1.165) is 25.7 Å². The lowest BCUT2D eigenvalue weighted by atomic mass is 9.88. The number of carbonyl (C=O) groups is 2. The van der Waals surface area contributed by atoms with Gasteiger partial charge < -0.3 is 9.64 Å². The van der Waals surface area contributed by atoms with Gasteiger partial charge in [0, 0.05) is 18.5 Å². The van der Waals surface area contributed by atoms with Gasteiger partial charge in [-0.05, 0) is 32.6 Å². The maximum atomic E-state index is 12.8. The Hall–Kier alpha value is -1.06. The molecule has 0 unspecified atom stereocenters. The Morgan fingerprint density at radius 3 is 1.82 bits per heavy atom. The highest BCUT2D eigenvalue weighted by Gasteiger charge is 2.32. The minimum absolute atomic E-state index is 0.173. The van der Waals surface area contributed by atoms with Gasteiger partial charge in [-0.1, -0.05) is 38.5 Å². The van der Waals surface area contributed by atoms with E-state index in [4.69, 9.17) is 4.74 Å². The summed E-state index contributed by atoms with van der Waals surface area (Å²) in [5.74, 6) is -0.0741. The second-order valence-electron chi connectivity index (χ2n) is 6.69. The lowest BCUT2D eigenvalue weighted by Crippen LogP contribution is -2.48. The molecule has 0 bridgehead atoms. The van der Waals surface area contributed by atoms with Gasteiger partial charge >= 0.3 is 5.97 Å². The summed E-state index contributed by atoms with van der Waals surface area (Å²) in [6, 6.07) is 0.818. The van der Waals surface area contributed by atoms with E-state index < -0.39 is 0 Å². The Morgan fingerprint density at radius 1 is 0.864 bits per heavy atom. The van der Waals surface area contributed by atoms with Crippen molar-refractivity contribution >= 4 is 11.9 Å². The third-order valence-corrected chi connectivity index (χ3v) is 5.07. The maximum absolute atomic E-state index is 12.8. The monoisotopic (exact) mass is 309 g/mol. The highest BCUT2D eigenvalue weighted by molar-refractivity contribution is 5.81. The molecular weight excluding hydrogens is 278 g/mol. The van der Waals surface area contributed by atoms with Crippen molar-refractivity contribution in [3.05, 3.63) is 0 Å². The van der Waals surface area contributed by atoms with Crippen molar-refractivity contribution in [1.29, 1.82) is 0 Å². The van der Waals surface area contributed by atoms with Crippen molar-refractivity contribution in [3.63, 3.8) is 0 Å². The third-order valence-electron chi connectivity index (χ3n) is 5.07. The van der Waals surface area contributed by atoms with E-state index in [1.165, 1.54) is 38.5 Å². The first-order valence-corrected chi connectivity index (χ1v) is 9.19. The molecule has 0 N–H and O–H groups in total. The van der Waals surface area contributed by atoms with Crippen LogP contribution in [0.2, 0.25) is 0 Å². The summed E-state index contributed by atoms with van der Waals surface area (Å²) >= 11 is 0. The Labute approximate surface area is 134 Å². The SMILES string of the molecule is CCOC(=O)CCC(=O)N(C1CCCCC1)C1CCCCC1. The molecule has 4 nitrogen and oxygen atoms in total. The lowest BCUT2D eigenvalue weighted by Gasteiger charge is -2.42. The minimum atomic E-state index is -0.247. The largest absolute Gasteiger partial charge is 0.466 e. The molecule has 2 rings (SSSR count). The molecule has 0 saturated heterocycles. The number of nitrogens with zero attached hydrogens (tertiary/aromatic N) is 1. The number of amides is 1. The molecule has 2 saturated carbocycles. The lowest BCUT2D eigenvalue weighted by molar-refractivity contribution is -0.147. The fraction of sp³-hybridized carbons (Fsp3) is 0.889. The van der Waals surface area contributed by atoms with Crippen LogP contribution in [0.15, 0.2) is 0 Å². The van der Waals surface area contributed by atoms with E-state index in [9.17, 15) is 9.59 Å². The molecule has 4 heteroatoms.